The molecule has 2 aromatic rings. The lowest BCUT2D eigenvalue weighted by Crippen LogP contribution is -2.13. The van der Waals surface area contributed by atoms with E-state index in [0.29, 0.717) is 16.7 Å². The van der Waals surface area contributed by atoms with Gasteiger partial charge in [-0.2, -0.15) is 0 Å². The first kappa shape index (κ1) is 12.2. The van der Waals surface area contributed by atoms with Gasteiger partial charge >= 0.3 is 5.97 Å². The van der Waals surface area contributed by atoms with E-state index in [4.69, 9.17) is 13.9 Å². The van der Waals surface area contributed by atoms with Crippen LogP contribution in [0.1, 0.15) is 13.3 Å². The fourth-order valence-corrected chi connectivity index (χ4v) is 1.48. The van der Waals surface area contributed by atoms with E-state index in [1.165, 1.54) is 7.11 Å². The molecule has 1 aromatic heterocycles. The zero-order valence-electron chi connectivity index (χ0n) is 10.1. The molecule has 0 bridgehead atoms. The van der Waals surface area contributed by atoms with Gasteiger partial charge < -0.3 is 13.9 Å². The Balaban J connectivity index is 2.55. The van der Waals surface area contributed by atoms with Gasteiger partial charge in [-0.15, -0.1) is 0 Å². The first-order valence-electron chi connectivity index (χ1n) is 5.46. The second-order valence-corrected chi connectivity index (χ2v) is 3.62. The number of rotatable bonds is 3. The van der Waals surface area contributed by atoms with Gasteiger partial charge in [0.15, 0.2) is 0 Å². The van der Waals surface area contributed by atoms with Crippen molar-refractivity contribution in [2.24, 2.45) is 0 Å². The van der Waals surface area contributed by atoms with E-state index in [1.807, 2.05) is 0 Å². The Morgan fingerprint density at radius 2 is 2.17 bits per heavy atom. The molecule has 0 aliphatic heterocycles. The van der Waals surface area contributed by atoms with E-state index in [1.54, 1.807) is 25.1 Å². The monoisotopic (exact) mass is 248 g/mol. The summed E-state index contributed by atoms with van der Waals surface area (Å²) in [7, 11) is 1.50. The molecule has 0 N–H and O–H groups in total. The number of methoxy groups -OCH3 is 1. The van der Waals surface area contributed by atoms with Crippen LogP contribution in [0.2, 0.25) is 0 Å². The van der Waals surface area contributed by atoms with Gasteiger partial charge in [-0.05, 0) is 18.2 Å². The van der Waals surface area contributed by atoms with Crippen LogP contribution in [-0.2, 0) is 4.79 Å². The molecule has 5 heteroatoms. The summed E-state index contributed by atoms with van der Waals surface area (Å²) in [6.07, 6.45) is 1.33. The highest BCUT2D eigenvalue weighted by molar-refractivity contribution is 5.80. The SMILES string of the molecule is CCC(=O)Oc1coc2ccc(OC)cc2c1=O. The summed E-state index contributed by atoms with van der Waals surface area (Å²) < 4.78 is 15.2. The van der Waals surface area contributed by atoms with Crippen molar-refractivity contribution in [2.75, 3.05) is 7.11 Å². The van der Waals surface area contributed by atoms with Crippen molar-refractivity contribution in [1.29, 1.82) is 0 Å². The molecule has 0 amide bonds. The molecule has 0 spiro atoms. The van der Waals surface area contributed by atoms with Crippen LogP contribution in [0.3, 0.4) is 0 Å². The zero-order chi connectivity index (χ0) is 13.1. The van der Waals surface area contributed by atoms with Gasteiger partial charge in [0.05, 0.1) is 12.5 Å². The standard InChI is InChI=1S/C13H12O5/c1-3-12(14)18-11-7-17-10-5-4-8(16-2)6-9(10)13(11)15/h4-7H,3H2,1-2H3. The molecule has 0 saturated carbocycles. The average Bonchev–Trinajstić information content (AvgIpc) is 2.41. The molecule has 0 unspecified atom stereocenters. The smallest absolute Gasteiger partial charge is 0.311 e. The third kappa shape index (κ3) is 2.20. The lowest BCUT2D eigenvalue weighted by atomic mass is 10.2. The maximum atomic E-state index is 12.1. The molecule has 0 aliphatic carbocycles. The number of carbonyl (C=O) groups is 1. The Labute approximate surface area is 103 Å². The largest absolute Gasteiger partial charge is 0.497 e. The van der Waals surface area contributed by atoms with E-state index >= 15 is 0 Å². The average molecular weight is 248 g/mol. The molecule has 0 fully saturated rings. The van der Waals surface area contributed by atoms with E-state index in [9.17, 15) is 9.59 Å². The zero-order valence-corrected chi connectivity index (χ0v) is 10.1. The van der Waals surface area contributed by atoms with Gasteiger partial charge in [-0.25, -0.2) is 0 Å². The van der Waals surface area contributed by atoms with Crippen LogP contribution in [0.15, 0.2) is 33.7 Å². The highest BCUT2D eigenvalue weighted by Crippen LogP contribution is 2.20. The van der Waals surface area contributed by atoms with Crippen molar-refractivity contribution in [2.45, 2.75) is 13.3 Å². The van der Waals surface area contributed by atoms with E-state index in [2.05, 4.69) is 0 Å². The molecule has 94 valence electrons. The summed E-state index contributed by atoms with van der Waals surface area (Å²) in [6.45, 7) is 1.65. The van der Waals surface area contributed by atoms with Crippen LogP contribution >= 0.6 is 0 Å². The molecule has 0 atom stereocenters. The molecule has 0 aliphatic rings. The van der Waals surface area contributed by atoms with Gasteiger partial charge in [0.1, 0.15) is 17.6 Å². The molecule has 0 saturated heterocycles. The number of carbonyl (C=O) groups excluding carboxylic acids is 1. The maximum Gasteiger partial charge on any atom is 0.311 e. The van der Waals surface area contributed by atoms with Gasteiger partial charge in [-0.1, -0.05) is 6.92 Å². The molecule has 2 rings (SSSR count). The Morgan fingerprint density at radius 3 is 2.83 bits per heavy atom. The van der Waals surface area contributed by atoms with Crippen LogP contribution in [-0.4, -0.2) is 13.1 Å². The minimum absolute atomic E-state index is 0.109. The van der Waals surface area contributed by atoms with Gasteiger partial charge in [0.25, 0.3) is 0 Å². The molecule has 18 heavy (non-hydrogen) atoms. The number of hydrogen-bond acceptors (Lipinski definition) is 5. The van der Waals surface area contributed by atoms with Gasteiger partial charge in [-0.3, -0.25) is 9.59 Å². The molecule has 5 nitrogen and oxygen atoms in total. The third-order valence-electron chi connectivity index (χ3n) is 2.46. The summed E-state index contributed by atoms with van der Waals surface area (Å²) >= 11 is 0. The highest BCUT2D eigenvalue weighted by Gasteiger charge is 2.11. The lowest BCUT2D eigenvalue weighted by Gasteiger charge is -2.04. The van der Waals surface area contributed by atoms with Crippen molar-refractivity contribution < 1.29 is 18.7 Å². The van der Waals surface area contributed by atoms with Gasteiger partial charge in [0.2, 0.25) is 11.2 Å². The number of fused-ring (bicyclic) bond motifs is 1. The van der Waals surface area contributed by atoms with Crippen LogP contribution in [0.5, 0.6) is 11.5 Å². The topological polar surface area (TPSA) is 65.7 Å². The fourth-order valence-electron chi connectivity index (χ4n) is 1.48. The van der Waals surface area contributed by atoms with Crippen molar-refractivity contribution in [1.82, 2.24) is 0 Å². The minimum Gasteiger partial charge on any atom is -0.497 e. The number of esters is 1. The van der Waals surface area contributed by atoms with Crippen molar-refractivity contribution in [3.63, 3.8) is 0 Å². The number of benzene rings is 1. The van der Waals surface area contributed by atoms with Crippen LogP contribution in [0.25, 0.3) is 11.0 Å². The van der Waals surface area contributed by atoms with Crippen LogP contribution < -0.4 is 14.9 Å². The summed E-state index contributed by atoms with van der Waals surface area (Å²) in [5.41, 5.74) is 0.0223. The Morgan fingerprint density at radius 1 is 1.39 bits per heavy atom. The Kier molecular flexibility index (Phi) is 3.32. The Hall–Kier alpha value is -2.30. The maximum absolute atomic E-state index is 12.1. The first-order valence-corrected chi connectivity index (χ1v) is 5.46. The fraction of sp³-hybridized carbons (Fsp3) is 0.231. The summed E-state index contributed by atoms with van der Waals surface area (Å²) in [5, 5.41) is 0.316. The summed E-state index contributed by atoms with van der Waals surface area (Å²) in [4.78, 5) is 23.2. The quantitative estimate of drug-likeness (QED) is 0.778. The molecule has 1 heterocycles. The van der Waals surface area contributed by atoms with E-state index in [-0.39, 0.29) is 12.2 Å². The summed E-state index contributed by atoms with van der Waals surface area (Å²) in [6, 6.07) is 4.86. The predicted molar refractivity (Wildman–Crippen MR) is 65.0 cm³/mol. The molecule has 1 aromatic carbocycles. The van der Waals surface area contributed by atoms with E-state index in [0.717, 1.165) is 6.26 Å². The first-order chi connectivity index (χ1) is 8.65. The summed E-state index contributed by atoms with van der Waals surface area (Å²) in [5.74, 6) is -0.0547. The Bertz CT molecular complexity index is 641. The lowest BCUT2D eigenvalue weighted by molar-refractivity contribution is -0.134. The van der Waals surface area contributed by atoms with Crippen molar-refractivity contribution in [3.05, 3.63) is 34.7 Å². The minimum atomic E-state index is -0.482. The van der Waals surface area contributed by atoms with Crippen molar-refractivity contribution in [3.8, 4) is 11.5 Å². The highest BCUT2D eigenvalue weighted by atomic mass is 16.5. The van der Waals surface area contributed by atoms with Crippen molar-refractivity contribution >= 4 is 16.9 Å². The second-order valence-electron chi connectivity index (χ2n) is 3.62. The molecule has 0 radical (unpaired) electrons. The number of ether oxygens (including phenoxy) is 2. The second kappa shape index (κ2) is 4.91. The molecular weight excluding hydrogens is 236 g/mol. The number of hydrogen-bond donors (Lipinski definition) is 0. The van der Waals surface area contributed by atoms with Gasteiger partial charge in [0, 0.05) is 6.42 Å². The normalized spacial score (nSPS) is 10.3. The predicted octanol–water partition coefficient (Wildman–Crippen LogP) is 2.12. The molecular formula is C13H12O5. The van der Waals surface area contributed by atoms with Crippen LogP contribution in [0.4, 0.5) is 0 Å². The van der Waals surface area contributed by atoms with E-state index < -0.39 is 11.4 Å². The third-order valence-corrected chi connectivity index (χ3v) is 2.46. The van der Waals surface area contributed by atoms with Crippen LogP contribution in [0, 0.1) is 0 Å².